The van der Waals surface area contributed by atoms with Gasteiger partial charge in [0.2, 0.25) is 5.95 Å². The molecule has 0 saturated carbocycles. The van der Waals surface area contributed by atoms with E-state index in [1.165, 1.54) is 89.0 Å². The Labute approximate surface area is 398 Å². The van der Waals surface area contributed by atoms with Crippen LogP contribution >= 0.6 is 0 Å². The zero-order valence-corrected chi connectivity index (χ0v) is 37.2. The molecule has 4 aliphatic rings. The topological polar surface area (TPSA) is 43.6 Å². The maximum Gasteiger partial charge on any atom is 0.238 e. The lowest BCUT2D eigenvalue weighted by molar-refractivity contribution is 0.793. The van der Waals surface area contributed by atoms with E-state index in [1.807, 2.05) is 6.07 Å². The largest absolute Gasteiger partial charge is 0.277 e. The number of rotatable bonds is 3. The van der Waals surface area contributed by atoms with Crippen LogP contribution < -0.4 is 0 Å². The van der Waals surface area contributed by atoms with E-state index in [9.17, 15) is 0 Å². The summed E-state index contributed by atoms with van der Waals surface area (Å²) in [5, 5.41) is 2.31. The fourth-order valence-corrected chi connectivity index (χ4v) is 13.4. The van der Waals surface area contributed by atoms with Crippen molar-refractivity contribution in [2.24, 2.45) is 0 Å². The highest BCUT2D eigenvalue weighted by Gasteiger charge is 2.53. The van der Waals surface area contributed by atoms with Crippen molar-refractivity contribution in [1.82, 2.24) is 19.5 Å². The van der Waals surface area contributed by atoms with Crippen molar-refractivity contribution in [1.29, 1.82) is 0 Å². The zero-order chi connectivity index (χ0) is 45.0. The van der Waals surface area contributed by atoms with Crippen molar-refractivity contribution in [2.75, 3.05) is 0 Å². The summed E-state index contributed by atoms with van der Waals surface area (Å²) in [5.41, 5.74) is 23.5. The number of para-hydroxylation sites is 1. The quantitative estimate of drug-likeness (QED) is 0.178. The molecule has 0 atom stereocenters. The van der Waals surface area contributed by atoms with Crippen LogP contribution in [0.3, 0.4) is 0 Å². The highest BCUT2D eigenvalue weighted by molar-refractivity contribution is 6.16. The van der Waals surface area contributed by atoms with Gasteiger partial charge in [-0.1, -0.05) is 218 Å². The second kappa shape index (κ2) is 13.3. The Morgan fingerprint density at radius 3 is 1.29 bits per heavy atom. The molecule has 0 bridgehead atoms. The summed E-state index contributed by atoms with van der Waals surface area (Å²) in [6.45, 7) is 0. The first kappa shape index (κ1) is 37.1. The van der Waals surface area contributed by atoms with Crippen LogP contribution in [0.5, 0.6) is 0 Å². The summed E-state index contributed by atoms with van der Waals surface area (Å²) in [7, 11) is 0. The van der Waals surface area contributed by atoms with Gasteiger partial charge in [-0.3, -0.25) is 4.57 Å². The minimum Gasteiger partial charge on any atom is -0.277 e. The van der Waals surface area contributed by atoms with Crippen LogP contribution in [0, 0.1) is 0 Å². The predicted octanol–water partition coefficient (Wildman–Crippen LogP) is 15.0. The molecule has 2 aromatic heterocycles. The summed E-state index contributed by atoms with van der Waals surface area (Å²) in [5.74, 6) is 1.83. The number of nitrogens with zero attached hydrogens (tertiary/aromatic N) is 4. The lowest BCUT2D eigenvalue weighted by Crippen LogP contribution is -2.25. The maximum atomic E-state index is 5.63. The molecular weight excluding hydrogens is 837 g/mol. The normalized spacial score (nSPS) is 14.3. The molecule has 2 spiro atoms. The van der Waals surface area contributed by atoms with Crippen molar-refractivity contribution >= 4 is 21.8 Å². The molecule has 0 N–H and O–H groups in total. The molecule has 0 aliphatic heterocycles. The van der Waals surface area contributed by atoms with Gasteiger partial charge in [-0.05, 0) is 95.6 Å². The molecule has 16 rings (SSSR count). The van der Waals surface area contributed by atoms with Gasteiger partial charge in [0.1, 0.15) is 0 Å². The number of hydrogen-bond acceptors (Lipinski definition) is 3. The van der Waals surface area contributed by atoms with Crippen molar-refractivity contribution in [2.45, 2.75) is 10.8 Å². The minimum atomic E-state index is -0.499. The molecule has 4 aliphatic carbocycles. The van der Waals surface area contributed by atoms with E-state index < -0.39 is 10.8 Å². The Bertz CT molecular complexity index is 4110. The fourth-order valence-electron chi connectivity index (χ4n) is 13.4. The smallest absolute Gasteiger partial charge is 0.238 e. The van der Waals surface area contributed by atoms with Crippen molar-refractivity contribution in [3.63, 3.8) is 0 Å². The second-order valence-electron chi connectivity index (χ2n) is 18.9. The van der Waals surface area contributed by atoms with Gasteiger partial charge in [0, 0.05) is 27.5 Å². The molecule has 10 aromatic carbocycles. The molecular formula is C65H38N4. The third kappa shape index (κ3) is 4.52. The van der Waals surface area contributed by atoms with E-state index in [4.69, 9.17) is 15.0 Å². The van der Waals surface area contributed by atoms with Crippen LogP contribution in [0.2, 0.25) is 0 Å². The zero-order valence-electron chi connectivity index (χ0n) is 37.2. The fraction of sp³-hybridized carbons (Fsp3) is 0.0308. The van der Waals surface area contributed by atoms with Gasteiger partial charge in [-0.2, -0.15) is 9.97 Å². The minimum absolute atomic E-state index is 0.497. The Morgan fingerprint density at radius 2 is 0.725 bits per heavy atom. The molecule has 12 aromatic rings. The molecule has 4 nitrogen and oxygen atoms in total. The summed E-state index contributed by atoms with van der Waals surface area (Å²) in [6, 6.07) is 84.7. The van der Waals surface area contributed by atoms with Crippen molar-refractivity contribution in [3.8, 4) is 73.2 Å². The monoisotopic (exact) mass is 874 g/mol. The van der Waals surface area contributed by atoms with Crippen LogP contribution in [-0.4, -0.2) is 19.5 Å². The molecule has 0 radical (unpaired) electrons. The lowest BCUT2D eigenvalue weighted by Gasteiger charge is -2.30. The maximum absolute atomic E-state index is 5.63. The van der Waals surface area contributed by atoms with Gasteiger partial charge in [0.25, 0.3) is 0 Å². The molecule has 0 amide bonds. The van der Waals surface area contributed by atoms with Crippen LogP contribution in [0.1, 0.15) is 44.5 Å². The molecule has 0 unspecified atom stereocenters. The Balaban J connectivity index is 0.994. The third-order valence-corrected chi connectivity index (χ3v) is 15.9. The van der Waals surface area contributed by atoms with Crippen molar-refractivity contribution in [3.05, 3.63) is 275 Å². The average Bonchev–Trinajstić information content (AvgIpc) is 4.19. The summed E-state index contributed by atoms with van der Waals surface area (Å²) < 4.78 is 2.33. The molecule has 4 heteroatoms. The molecule has 0 fully saturated rings. The summed E-state index contributed by atoms with van der Waals surface area (Å²) in [4.78, 5) is 16.5. The first-order valence-electron chi connectivity index (χ1n) is 23.9. The van der Waals surface area contributed by atoms with E-state index in [0.717, 1.165) is 32.9 Å². The number of aromatic nitrogens is 4. The molecule has 69 heavy (non-hydrogen) atoms. The van der Waals surface area contributed by atoms with E-state index >= 15 is 0 Å². The average molecular weight is 875 g/mol. The van der Waals surface area contributed by atoms with E-state index in [1.54, 1.807) is 0 Å². The van der Waals surface area contributed by atoms with Gasteiger partial charge in [0.05, 0.1) is 21.9 Å². The Morgan fingerprint density at radius 1 is 0.290 bits per heavy atom. The van der Waals surface area contributed by atoms with Crippen LogP contribution in [-0.2, 0) is 10.8 Å². The molecule has 0 saturated heterocycles. The summed E-state index contributed by atoms with van der Waals surface area (Å²) in [6.07, 6.45) is 0. The van der Waals surface area contributed by atoms with E-state index in [0.29, 0.717) is 17.6 Å². The van der Waals surface area contributed by atoms with Crippen LogP contribution in [0.4, 0.5) is 0 Å². The number of fused-ring (bicyclic) bond motifs is 24. The third-order valence-electron chi connectivity index (χ3n) is 15.9. The first-order valence-corrected chi connectivity index (χ1v) is 23.9. The predicted molar refractivity (Wildman–Crippen MR) is 278 cm³/mol. The van der Waals surface area contributed by atoms with E-state index in [2.05, 4.69) is 229 Å². The van der Waals surface area contributed by atoms with Gasteiger partial charge < -0.3 is 0 Å². The first-order chi connectivity index (χ1) is 34.2. The van der Waals surface area contributed by atoms with Gasteiger partial charge >= 0.3 is 0 Å². The second-order valence-corrected chi connectivity index (χ2v) is 18.9. The number of benzene rings is 10. The highest BCUT2D eigenvalue weighted by Crippen LogP contribution is 2.65. The Kier molecular flexibility index (Phi) is 7.18. The SMILES string of the molecule is c1ccc(-c2nc(-c3ccc4c(c3)C3(c5ccccc5-c5ccccc53)c3ccccc3-4)nc(-n3c4ccccc4c4ccc5c(c43)-c3ccccc3C53c4ccccc4-c4ccccc43)n2)cc1. The molecule has 318 valence electrons. The molecule has 2 heterocycles. The standard InChI is InChI=1S/C65H38N4/c1-2-18-39(19-3-1)61-66-62(40-34-35-46-45-24-8-15-31-54(45)65(57(46)38-40)52-29-13-6-22-43(52)44-23-7-14-30-53(44)65)68-63(67-61)69-58-33-17-10-25-47(58)48-36-37-56-59(60(48)69)49-26-9-16-32-55(49)64(56)50-27-11-4-20-41(50)42-21-5-12-28-51(42)64/h1-38H. The van der Waals surface area contributed by atoms with E-state index in [-0.39, 0.29) is 0 Å². The van der Waals surface area contributed by atoms with Crippen molar-refractivity contribution < 1.29 is 0 Å². The Hall–Kier alpha value is -8.99. The van der Waals surface area contributed by atoms with Gasteiger partial charge in [0.15, 0.2) is 11.6 Å². The lowest BCUT2D eigenvalue weighted by atomic mass is 9.70. The van der Waals surface area contributed by atoms with Gasteiger partial charge in [-0.15, -0.1) is 0 Å². The summed E-state index contributed by atoms with van der Waals surface area (Å²) >= 11 is 0. The number of hydrogen-bond donors (Lipinski definition) is 0. The highest BCUT2D eigenvalue weighted by atomic mass is 15.2. The van der Waals surface area contributed by atoms with Crippen LogP contribution in [0.25, 0.3) is 95.0 Å². The van der Waals surface area contributed by atoms with Gasteiger partial charge in [-0.25, -0.2) is 4.98 Å². The van der Waals surface area contributed by atoms with Crippen LogP contribution in [0.15, 0.2) is 231 Å².